The molecule has 0 saturated carbocycles. The van der Waals surface area contributed by atoms with Crippen molar-refractivity contribution in [1.82, 2.24) is 0 Å². The standard InChI is InChI=1S/C10H10N2O3S/c1-2-11-8-4-3-7(12(14)15)5-9(8)16-6-10(11)13/h3-5H,2,6H2,1H3. The SMILES string of the molecule is CCN1C(=O)CSc2cc([N+](=O)[O-])ccc21. The minimum Gasteiger partial charge on any atom is -0.311 e. The Kier molecular flexibility index (Phi) is 2.82. The summed E-state index contributed by atoms with van der Waals surface area (Å²) in [6.45, 7) is 2.48. The fourth-order valence-corrected chi connectivity index (χ4v) is 2.62. The number of rotatable bonds is 2. The summed E-state index contributed by atoms with van der Waals surface area (Å²) >= 11 is 1.35. The first-order valence-electron chi connectivity index (χ1n) is 4.85. The largest absolute Gasteiger partial charge is 0.311 e. The Morgan fingerprint density at radius 1 is 1.56 bits per heavy atom. The van der Waals surface area contributed by atoms with Crippen LogP contribution < -0.4 is 4.90 Å². The average Bonchev–Trinajstić information content (AvgIpc) is 2.28. The molecular formula is C10H10N2O3S. The lowest BCUT2D eigenvalue weighted by molar-refractivity contribution is -0.385. The first-order chi connectivity index (χ1) is 7.63. The van der Waals surface area contributed by atoms with Gasteiger partial charge in [0.2, 0.25) is 5.91 Å². The molecule has 0 fully saturated rings. The number of anilines is 1. The molecule has 0 spiro atoms. The van der Waals surface area contributed by atoms with Crippen LogP contribution >= 0.6 is 11.8 Å². The number of nitro groups is 1. The molecule has 1 amide bonds. The van der Waals surface area contributed by atoms with Crippen LogP contribution in [0.3, 0.4) is 0 Å². The van der Waals surface area contributed by atoms with Crippen molar-refractivity contribution in [3.63, 3.8) is 0 Å². The highest BCUT2D eigenvalue weighted by Crippen LogP contribution is 2.37. The summed E-state index contributed by atoms with van der Waals surface area (Å²) in [5, 5.41) is 10.6. The lowest BCUT2D eigenvalue weighted by Crippen LogP contribution is -2.34. The summed E-state index contributed by atoms with van der Waals surface area (Å²) in [6.07, 6.45) is 0. The number of nitro benzene ring substituents is 1. The molecule has 0 aromatic heterocycles. The zero-order valence-electron chi connectivity index (χ0n) is 8.67. The number of hydrogen-bond acceptors (Lipinski definition) is 4. The molecule has 0 unspecified atom stereocenters. The quantitative estimate of drug-likeness (QED) is 0.584. The van der Waals surface area contributed by atoms with Gasteiger partial charge in [0.25, 0.3) is 5.69 Å². The van der Waals surface area contributed by atoms with Gasteiger partial charge in [-0.3, -0.25) is 14.9 Å². The van der Waals surface area contributed by atoms with Crippen LogP contribution in [0, 0.1) is 10.1 Å². The van der Waals surface area contributed by atoms with Crippen LogP contribution in [-0.4, -0.2) is 23.1 Å². The normalized spacial score (nSPS) is 14.8. The van der Waals surface area contributed by atoms with E-state index in [4.69, 9.17) is 0 Å². The molecule has 2 rings (SSSR count). The van der Waals surface area contributed by atoms with Crippen LogP contribution in [0.4, 0.5) is 11.4 Å². The summed E-state index contributed by atoms with van der Waals surface area (Å²) in [5.74, 6) is 0.399. The highest BCUT2D eigenvalue weighted by atomic mass is 32.2. The van der Waals surface area contributed by atoms with Crippen molar-refractivity contribution < 1.29 is 9.72 Å². The molecule has 1 aromatic rings. The van der Waals surface area contributed by atoms with Gasteiger partial charge in [-0.05, 0) is 13.0 Å². The number of nitrogens with zero attached hydrogens (tertiary/aromatic N) is 2. The number of amides is 1. The molecule has 1 heterocycles. The summed E-state index contributed by atoms with van der Waals surface area (Å²) < 4.78 is 0. The Labute approximate surface area is 96.6 Å². The number of thioether (sulfide) groups is 1. The fourth-order valence-electron chi connectivity index (χ4n) is 1.65. The van der Waals surface area contributed by atoms with Crippen LogP contribution in [0.25, 0.3) is 0 Å². The van der Waals surface area contributed by atoms with Crippen LogP contribution in [0.15, 0.2) is 23.1 Å². The first kappa shape index (κ1) is 10.9. The van der Waals surface area contributed by atoms with Crippen molar-refractivity contribution in [1.29, 1.82) is 0 Å². The van der Waals surface area contributed by atoms with E-state index in [1.807, 2.05) is 6.92 Å². The van der Waals surface area contributed by atoms with Gasteiger partial charge in [0.05, 0.1) is 16.4 Å². The molecule has 1 aromatic carbocycles. The zero-order chi connectivity index (χ0) is 11.7. The molecule has 16 heavy (non-hydrogen) atoms. The number of non-ortho nitro benzene ring substituents is 1. The highest BCUT2D eigenvalue weighted by Gasteiger charge is 2.24. The van der Waals surface area contributed by atoms with Crippen LogP contribution in [0.2, 0.25) is 0 Å². The number of carbonyl (C=O) groups is 1. The molecule has 84 valence electrons. The van der Waals surface area contributed by atoms with Gasteiger partial charge in [-0.1, -0.05) is 0 Å². The van der Waals surface area contributed by atoms with Gasteiger partial charge in [0, 0.05) is 23.6 Å². The van der Waals surface area contributed by atoms with E-state index in [9.17, 15) is 14.9 Å². The lowest BCUT2D eigenvalue weighted by Gasteiger charge is -2.27. The molecule has 0 atom stereocenters. The van der Waals surface area contributed by atoms with Gasteiger partial charge in [-0.15, -0.1) is 11.8 Å². The predicted molar refractivity (Wildman–Crippen MR) is 61.8 cm³/mol. The van der Waals surface area contributed by atoms with Crippen LogP contribution in [0.5, 0.6) is 0 Å². The van der Waals surface area contributed by atoms with Crippen LogP contribution in [0.1, 0.15) is 6.92 Å². The van der Waals surface area contributed by atoms with E-state index in [-0.39, 0.29) is 11.6 Å². The topological polar surface area (TPSA) is 63.5 Å². The van der Waals surface area contributed by atoms with E-state index < -0.39 is 4.92 Å². The molecular weight excluding hydrogens is 228 g/mol. The van der Waals surface area contributed by atoms with Crippen LogP contribution in [-0.2, 0) is 4.79 Å². The number of fused-ring (bicyclic) bond motifs is 1. The van der Waals surface area contributed by atoms with Gasteiger partial charge >= 0.3 is 0 Å². The van der Waals surface area contributed by atoms with Crippen molar-refractivity contribution in [3.05, 3.63) is 28.3 Å². The lowest BCUT2D eigenvalue weighted by atomic mass is 10.2. The van der Waals surface area contributed by atoms with Gasteiger partial charge in [0.1, 0.15) is 0 Å². The maximum Gasteiger partial charge on any atom is 0.270 e. The maximum atomic E-state index is 11.6. The van der Waals surface area contributed by atoms with Crippen molar-refractivity contribution in [2.75, 3.05) is 17.2 Å². The van der Waals surface area contributed by atoms with Gasteiger partial charge < -0.3 is 4.90 Å². The third-order valence-corrected chi connectivity index (χ3v) is 3.44. The monoisotopic (exact) mass is 238 g/mol. The number of benzene rings is 1. The van der Waals surface area contributed by atoms with Gasteiger partial charge in [-0.2, -0.15) is 0 Å². The molecule has 0 N–H and O–H groups in total. The Morgan fingerprint density at radius 2 is 2.31 bits per heavy atom. The predicted octanol–water partition coefficient (Wildman–Crippen LogP) is 2.05. The second-order valence-electron chi connectivity index (χ2n) is 3.34. The Morgan fingerprint density at radius 3 is 2.94 bits per heavy atom. The van der Waals surface area contributed by atoms with Gasteiger partial charge in [0.15, 0.2) is 0 Å². The van der Waals surface area contributed by atoms with E-state index in [2.05, 4.69) is 0 Å². The zero-order valence-corrected chi connectivity index (χ0v) is 9.49. The molecule has 1 aliphatic rings. The van der Waals surface area contributed by atoms with E-state index >= 15 is 0 Å². The summed E-state index contributed by atoms with van der Waals surface area (Å²) in [4.78, 5) is 24.2. The molecule has 1 aliphatic heterocycles. The summed E-state index contributed by atoms with van der Waals surface area (Å²) in [7, 11) is 0. The molecule has 0 radical (unpaired) electrons. The number of hydrogen-bond donors (Lipinski definition) is 0. The molecule has 0 saturated heterocycles. The Hall–Kier alpha value is -1.56. The van der Waals surface area contributed by atoms with Crippen molar-refractivity contribution in [2.45, 2.75) is 11.8 Å². The number of carbonyl (C=O) groups excluding carboxylic acids is 1. The van der Waals surface area contributed by atoms with E-state index in [0.29, 0.717) is 12.3 Å². The Balaban J connectivity index is 2.46. The molecule has 6 heteroatoms. The molecule has 5 nitrogen and oxygen atoms in total. The smallest absolute Gasteiger partial charge is 0.270 e. The van der Waals surface area contributed by atoms with Crippen molar-refractivity contribution >= 4 is 29.0 Å². The minimum absolute atomic E-state index is 0.0499. The Bertz CT molecular complexity index is 461. The van der Waals surface area contributed by atoms with E-state index in [1.165, 1.54) is 23.9 Å². The van der Waals surface area contributed by atoms with Gasteiger partial charge in [-0.25, -0.2) is 0 Å². The summed E-state index contributed by atoms with van der Waals surface area (Å²) in [6, 6.07) is 4.59. The molecule has 0 bridgehead atoms. The third-order valence-electron chi connectivity index (χ3n) is 2.41. The van der Waals surface area contributed by atoms with Crippen molar-refractivity contribution in [2.24, 2.45) is 0 Å². The third kappa shape index (κ3) is 1.76. The highest BCUT2D eigenvalue weighted by molar-refractivity contribution is 8.00. The second kappa shape index (κ2) is 4.13. The maximum absolute atomic E-state index is 11.6. The van der Waals surface area contributed by atoms with Crippen molar-refractivity contribution in [3.8, 4) is 0 Å². The minimum atomic E-state index is -0.423. The first-order valence-corrected chi connectivity index (χ1v) is 5.83. The summed E-state index contributed by atoms with van der Waals surface area (Å²) in [5.41, 5.74) is 0.839. The van der Waals surface area contributed by atoms with E-state index in [1.54, 1.807) is 11.0 Å². The second-order valence-corrected chi connectivity index (χ2v) is 4.35. The van der Waals surface area contributed by atoms with E-state index in [0.717, 1.165) is 10.6 Å². The fraction of sp³-hybridized carbons (Fsp3) is 0.300. The average molecular weight is 238 g/mol. The molecule has 0 aliphatic carbocycles.